The Hall–Kier alpha value is -1.26. The average Bonchev–Trinajstić information content (AvgIpc) is 2.70. The summed E-state index contributed by atoms with van der Waals surface area (Å²) in [4.78, 5) is 15.6. The first kappa shape index (κ1) is 11.2. The number of benzene rings is 1. The summed E-state index contributed by atoms with van der Waals surface area (Å²) in [7, 11) is 0. The van der Waals surface area contributed by atoms with Gasteiger partial charge in [-0.25, -0.2) is 9.37 Å². The third-order valence-electron chi connectivity index (χ3n) is 2.01. The van der Waals surface area contributed by atoms with E-state index >= 15 is 0 Å². The van der Waals surface area contributed by atoms with Gasteiger partial charge >= 0.3 is 0 Å². The summed E-state index contributed by atoms with van der Waals surface area (Å²) >= 11 is 6.94. The van der Waals surface area contributed by atoms with Crippen LogP contribution >= 0.6 is 22.9 Å². The van der Waals surface area contributed by atoms with Gasteiger partial charge in [-0.15, -0.1) is 11.3 Å². The van der Waals surface area contributed by atoms with E-state index in [1.165, 1.54) is 31.3 Å². The van der Waals surface area contributed by atoms with Crippen molar-refractivity contribution in [1.82, 2.24) is 4.98 Å². The molecule has 0 amide bonds. The molecule has 0 unspecified atom stereocenters. The van der Waals surface area contributed by atoms with Crippen molar-refractivity contribution in [1.29, 1.82) is 0 Å². The molecule has 16 heavy (non-hydrogen) atoms. The van der Waals surface area contributed by atoms with Crippen molar-refractivity contribution >= 4 is 28.7 Å². The molecule has 2 nitrogen and oxygen atoms in total. The summed E-state index contributed by atoms with van der Waals surface area (Å²) in [6, 6.07) is 4.26. The molecule has 0 aliphatic carbocycles. The predicted molar refractivity (Wildman–Crippen MR) is 62.5 cm³/mol. The molecule has 0 spiro atoms. The molecule has 5 heteroatoms. The Balaban J connectivity index is 2.50. The highest BCUT2D eigenvalue weighted by Gasteiger charge is 2.12. The predicted octanol–water partition coefficient (Wildman–Crippen LogP) is 3.81. The Morgan fingerprint density at radius 3 is 2.88 bits per heavy atom. The van der Waals surface area contributed by atoms with E-state index in [9.17, 15) is 9.18 Å². The molecule has 1 aromatic carbocycles. The number of aromatic nitrogens is 1. The van der Waals surface area contributed by atoms with Crippen LogP contribution in [0.3, 0.4) is 0 Å². The lowest BCUT2D eigenvalue weighted by atomic mass is 10.2. The van der Waals surface area contributed by atoms with Gasteiger partial charge in [0.2, 0.25) is 0 Å². The van der Waals surface area contributed by atoms with Crippen LogP contribution in [0.1, 0.15) is 16.6 Å². The van der Waals surface area contributed by atoms with Crippen LogP contribution in [0.2, 0.25) is 5.02 Å². The van der Waals surface area contributed by atoms with E-state index in [2.05, 4.69) is 4.98 Å². The van der Waals surface area contributed by atoms with Gasteiger partial charge < -0.3 is 0 Å². The molecule has 0 saturated carbocycles. The summed E-state index contributed by atoms with van der Waals surface area (Å²) < 4.78 is 13.5. The maximum atomic E-state index is 13.5. The van der Waals surface area contributed by atoms with Crippen LogP contribution in [0.15, 0.2) is 24.4 Å². The number of nitrogens with zero attached hydrogens (tertiary/aromatic N) is 1. The molecule has 1 heterocycles. The minimum absolute atomic E-state index is 0.0776. The number of ketones is 1. The van der Waals surface area contributed by atoms with Gasteiger partial charge in [-0.1, -0.05) is 11.6 Å². The normalized spacial score (nSPS) is 10.4. The van der Waals surface area contributed by atoms with E-state index in [1.807, 2.05) is 0 Å². The van der Waals surface area contributed by atoms with Gasteiger partial charge in [0.15, 0.2) is 5.78 Å². The average molecular weight is 256 g/mol. The zero-order valence-electron chi connectivity index (χ0n) is 8.33. The van der Waals surface area contributed by atoms with E-state index < -0.39 is 5.82 Å². The Bertz CT molecular complexity index is 553. The number of rotatable bonds is 2. The second kappa shape index (κ2) is 4.31. The highest BCUT2D eigenvalue weighted by Crippen LogP contribution is 2.29. The molecule has 0 aliphatic heterocycles. The Labute approximate surface area is 101 Å². The molecule has 0 fully saturated rings. The van der Waals surface area contributed by atoms with E-state index in [4.69, 9.17) is 11.6 Å². The van der Waals surface area contributed by atoms with E-state index in [0.29, 0.717) is 20.5 Å². The highest BCUT2D eigenvalue weighted by molar-refractivity contribution is 7.16. The van der Waals surface area contributed by atoms with Crippen molar-refractivity contribution in [3.8, 4) is 10.6 Å². The number of hydrogen-bond acceptors (Lipinski definition) is 3. The molecule has 0 radical (unpaired) electrons. The Morgan fingerprint density at radius 2 is 2.25 bits per heavy atom. The van der Waals surface area contributed by atoms with Crippen LogP contribution in [0, 0.1) is 5.82 Å². The molecule has 82 valence electrons. The number of carbonyl (C=O) groups is 1. The fourth-order valence-electron chi connectivity index (χ4n) is 1.22. The molecule has 2 rings (SSSR count). The lowest BCUT2D eigenvalue weighted by Gasteiger charge is -1.98. The minimum atomic E-state index is -0.395. The van der Waals surface area contributed by atoms with E-state index in [0.717, 1.165) is 11.3 Å². The number of carbonyl (C=O) groups excluding carboxylic acids is 1. The summed E-state index contributed by atoms with van der Waals surface area (Å²) in [6.07, 6.45) is 1.45. The first-order chi connectivity index (χ1) is 7.58. The molecule has 0 saturated heterocycles. The summed E-state index contributed by atoms with van der Waals surface area (Å²) in [5, 5.41) is 0.904. The summed E-state index contributed by atoms with van der Waals surface area (Å²) in [5.41, 5.74) is 0.324. The monoisotopic (exact) mass is 255 g/mol. The van der Waals surface area contributed by atoms with Crippen LogP contribution in [0.25, 0.3) is 10.6 Å². The molecular weight excluding hydrogens is 249 g/mol. The highest BCUT2D eigenvalue weighted by atomic mass is 35.5. The number of hydrogen-bond donors (Lipinski definition) is 0. The summed E-state index contributed by atoms with van der Waals surface area (Å²) in [6.45, 7) is 1.45. The van der Waals surface area contributed by atoms with Gasteiger partial charge in [0.05, 0.1) is 4.88 Å². The third-order valence-corrected chi connectivity index (χ3v) is 3.38. The van der Waals surface area contributed by atoms with Crippen LogP contribution in [0.5, 0.6) is 0 Å². The minimum Gasteiger partial charge on any atom is -0.294 e. The van der Waals surface area contributed by atoms with Gasteiger partial charge in [-0.2, -0.15) is 0 Å². The van der Waals surface area contributed by atoms with Gasteiger partial charge in [-0.3, -0.25) is 4.79 Å². The van der Waals surface area contributed by atoms with Gasteiger partial charge in [0, 0.05) is 23.7 Å². The fourth-order valence-corrected chi connectivity index (χ4v) is 2.22. The second-order valence-corrected chi connectivity index (χ2v) is 4.68. The SMILES string of the molecule is CC(=O)c1cnc(-c2cc(Cl)ccc2F)s1. The smallest absolute Gasteiger partial charge is 0.171 e. The van der Waals surface area contributed by atoms with Crippen molar-refractivity contribution in [3.05, 3.63) is 40.1 Å². The topological polar surface area (TPSA) is 30.0 Å². The quantitative estimate of drug-likeness (QED) is 0.764. The molecule has 2 aromatic rings. The Kier molecular flexibility index (Phi) is 3.03. The van der Waals surface area contributed by atoms with Crippen molar-refractivity contribution in [2.75, 3.05) is 0 Å². The molecular formula is C11H7ClFNOS. The van der Waals surface area contributed by atoms with Crippen LogP contribution in [0.4, 0.5) is 4.39 Å². The van der Waals surface area contributed by atoms with Crippen LogP contribution < -0.4 is 0 Å². The lowest BCUT2D eigenvalue weighted by Crippen LogP contribution is -1.83. The van der Waals surface area contributed by atoms with Gasteiger partial charge in [-0.05, 0) is 18.2 Å². The molecule has 0 aliphatic rings. The molecule has 0 atom stereocenters. The van der Waals surface area contributed by atoms with Crippen LogP contribution in [-0.4, -0.2) is 10.8 Å². The molecule has 0 N–H and O–H groups in total. The lowest BCUT2D eigenvalue weighted by molar-refractivity contribution is 0.102. The number of thiazole rings is 1. The third kappa shape index (κ3) is 2.13. The van der Waals surface area contributed by atoms with Gasteiger partial charge in [0.25, 0.3) is 0 Å². The van der Waals surface area contributed by atoms with Crippen LogP contribution in [-0.2, 0) is 0 Å². The van der Waals surface area contributed by atoms with Gasteiger partial charge in [0.1, 0.15) is 10.8 Å². The van der Waals surface area contributed by atoms with E-state index in [1.54, 1.807) is 0 Å². The van der Waals surface area contributed by atoms with Crippen molar-refractivity contribution < 1.29 is 9.18 Å². The second-order valence-electron chi connectivity index (χ2n) is 3.21. The van der Waals surface area contributed by atoms with E-state index in [-0.39, 0.29) is 5.78 Å². The zero-order valence-corrected chi connectivity index (χ0v) is 9.90. The Morgan fingerprint density at radius 1 is 1.50 bits per heavy atom. The molecule has 1 aromatic heterocycles. The van der Waals surface area contributed by atoms with Crippen molar-refractivity contribution in [2.45, 2.75) is 6.92 Å². The van der Waals surface area contributed by atoms with Crippen molar-refractivity contribution in [2.24, 2.45) is 0 Å². The number of Topliss-reactive ketones (excluding diaryl/α,β-unsaturated/α-hetero) is 1. The maximum absolute atomic E-state index is 13.5. The first-order valence-electron chi connectivity index (χ1n) is 4.50. The first-order valence-corrected chi connectivity index (χ1v) is 5.69. The molecule has 0 bridgehead atoms. The fraction of sp³-hybridized carbons (Fsp3) is 0.0909. The number of halogens is 2. The standard InChI is InChI=1S/C11H7ClFNOS/c1-6(15)10-5-14-11(16-10)8-4-7(12)2-3-9(8)13/h2-5H,1H3. The van der Waals surface area contributed by atoms with Crippen molar-refractivity contribution in [3.63, 3.8) is 0 Å². The largest absolute Gasteiger partial charge is 0.294 e. The maximum Gasteiger partial charge on any atom is 0.171 e. The summed E-state index contributed by atoms with van der Waals surface area (Å²) in [5.74, 6) is -0.472. The zero-order chi connectivity index (χ0) is 11.7.